The number of pyridine rings is 1. The van der Waals surface area contributed by atoms with Gasteiger partial charge < -0.3 is 9.64 Å². The van der Waals surface area contributed by atoms with Crippen molar-refractivity contribution in [2.75, 3.05) is 12.0 Å². The van der Waals surface area contributed by atoms with Gasteiger partial charge in [0, 0.05) is 18.4 Å². The van der Waals surface area contributed by atoms with E-state index in [1.54, 1.807) is 7.11 Å². The molecule has 1 aliphatic heterocycles. The van der Waals surface area contributed by atoms with Gasteiger partial charge >= 0.3 is 0 Å². The summed E-state index contributed by atoms with van der Waals surface area (Å²) in [4.78, 5) is 11.4. The second kappa shape index (κ2) is 4.48. The molecule has 21 heavy (non-hydrogen) atoms. The van der Waals surface area contributed by atoms with Gasteiger partial charge in [-0.05, 0) is 43.3 Å². The minimum absolute atomic E-state index is 0.354. The van der Waals surface area contributed by atoms with Crippen molar-refractivity contribution in [2.24, 2.45) is 0 Å². The molecule has 1 aromatic carbocycles. The van der Waals surface area contributed by atoms with Crippen molar-refractivity contribution < 1.29 is 4.74 Å². The Labute approximate surface area is 122 Å². The van der Waals surface area contributed by atoms with Crippen molar-refractivity contribution in [3.8, 4) is 5.75 Å². The van der Waals surface area contributed by atoms with Crippen molar-refractivity contribution in [3.63, 3.8) is 0 Å². The third-order valence-corrected chi connectivity index (χ3v) is 3.94. The van der Waals surface area contributed by atoms with E-state index in [2.05, 4.69) is 33.5 Å². The van der Waals surface area contributed by atoms with Crippen LogP contribution >= 0.6 is 0 Å². The summed E-state index contributed by atoms with van der Waals surface area (Å²) in [6.45, 7) is 3.10. The largest absolute Gasteiger partial charge is 0.497 e. The number of benzene rings is 1. The van der Waals surface area contributed by atoms with Crippen LogP contribution in [0.25, 0.3) is 11.2 Å². The summed E-state index contributed by atoms with van der Waals surface area (Å²) >= 11 is 0. The molecule has 5 heteroatoms. The van der Waals surface area contributed by atoms with E-state index in [1.807, 2.05) is 30.5 Å². The minimum atomic E-state index is 0.354. The number of rotatable bonds is 2. The van der Waals surface area contributed by atoms with E-state index in [0.29, 0.717) is 6.04 Å². The fourth-order valence-electron chi connectivity index (χ4n) is 2.95. The van der Waals surface area contributed by atoms with Gasteiger partial charge in [-0.25, -0.2) is 9.97 Å². The van der Waals surface area contributed by atoms with Crippen LogP contribution in [0.1, 0.15) is 6.92 Å². The summed E-state index contributed by atoms with van der Waals surface area (Å²) in [5.74, 6) is 1.82. The summed E-state index contributed by atoms with van der Waals surface area (Å²) in [6, 6.07) is 12.4. The lowest BCUT2D eigenvalue weighted by Crippen LogP contribution is -2.24. The van der Waals surface area contributed by atoms with E-state index in [1.165, 1.54) is 0 Å². The highest BCUT2D eigenvalue weighted by Crippen LogP contribution is 2.36. The quantitative estimate of drug-likeness (QED) is 0.724. The lowest BCUT2D eigenvalue weighted by Gasteiger charge is -2.22. The average Bonchev–Trinajstić information content (AvgIpc) is 3.02. The zero-order chi connectivity index (χ0) is 14.4. The molecule has 1 atom stereocenters. The van der Waals surface area contributed by atoms with E-state index < -0.39 is 0 Å². The van der Waals surface area contributed by atoms with E-state index in [-0.39, 0.29) is 0 Å². The molecular weight excluding hydrogens is 264 g/mol. The summed E-state index contributed by atoms with van der Waals surface area (Å²) < 4.78 is 7.41. The van der Waals surface area contributed by atoms with Crippen LogP contribution in [0.5, 0.6) is 5.75 Å². The van der Waals surface area contributed by atoms with Crippen LogP contribution in [0.15, 0.2) is 42.6 Å². The molecule has 3 aromatic rings. The molecular formula is C16H16N4O. The van der Waals surface area contributed by atoms with Crippen molar-refractivity contribution in [3.05, 3.63) is 42.6 Å². The van der Waals surface area contributed by atoms with E-state index in [0.717, 1.165) is 35.1 Å². The Morgan fingerprint density at radius 3 is 2.76 bits per heavy atom. The van der Waals surface area contributed by atoms with E-state index in [4.69, 9.17) is 9.72 Å². The van der Waals surface area contributed by atoms with Gasteiger partial charge in [-0.1, -0.05) is 0 Å². The predicted molar refractivity (Wildman–Crippen MR) is 82.1 cm³/mol. The second-order valence-corrected chi connectivity index (χ2v) is 5.29. The van der Waals surface area contributed by atoms with Crippen LogP contribution in [0.2, 0.25) is 0 Å². The molecule has 0 bridgehead atoms. The smallest absolute Gasteiger partial charge is 0.212 e. The predicted octanol–water partition coefficient (Wildman–Crippen LogP) is 2.98. The van der Waals surface area contributed by atoms with Crippen molar-refractivity contribution in [1.29, 1.82) is 0 Å². The first-order valence-corrected chi connectivity index (χ1v) is 7.02. The van der Waals surface area contributed by atoms with Gasteiger partial charge in [0.2, 0.25) is 5.95 Å². The lowest BCUT2D eigenvalue weighted by atomic mass is 10.2. The molecule has 5 nitrogen and oxygen atoms in total. The van der Waals surface area contributed by atoms with Crippen LogP contribution in [-0.2, 0) is 6.54 Å². The number of hydrogen-bond acceptors (Lipinski definition) is 4. The van der Waals surface area contributed by atoms with Gasteiger partial charge in [-0.3, -0.25) is 4.57 Å². The maximum atomic E-state index is 5.23. The van der Waals surface area contributed by atoms with Gasteiger partial charge in [-0.2, -0.15) is 0 Å². The first-order valence-electron chi connectivity index (χ1n) is 7.02. The SMILES string of the molecule is COc1ccc(N2c3nc4cccnc4n3CC2C)cc1. The zero-order valence-electron chi connectivity index (χ0n) is 12.0. The molecule has 0 amide bonds. The van der Waals surface area contributed by atoms with Gasteiger partial charge in [0.25, 0.3) is 0 Å². The van der Waals surface area contributed by atoms with Crippen LogP contribution in [0.4, 0.5) is 11.6 Å². The summed E-state index contributed by atoms with van der Waals surface area (Å²) in [5.41, 5.74) is 3.02. The molecule has 2 aromatic heterocycles. The fraction of sp³-hybridized carbons (Fsp3) is 0.250. The average molecular weight is 280 g/mol. The Morgan fingerprint density at radius 2 is 2.00 bits per heavy atom. The number of methoxy groups -OCH3 is 1. The highest BCUT2D eigenvalue weighted by Gasteiger charge is 2.31. The number of fused-ring (bicyclic) bond motifs is 3. The second-order valence-electron chi connectivity index (χ2n) is 5.29. The van der Waals surface area contributed by atoms with Crippen molar-refractivity contribution >= 4 is 22.8 Å². The Morgan fingerprint density at radius 1 is 1.19 bits per heavy atom. The Bertz CT molecular complexity index is 794. The lowest BCUT2D eigenvalue weighted by molar-refractivity contribution is 0.415. The Kier molecular flexibility index (Phi) is 2.60. The fourth-order valence-corrected chi connectivity index (χ4v) is 2.95. The molecule has 0 N–H and O–H groups in total. The Hall–Kier alpha value is -2.56. The molecule has 3 heterocycles. The number of imidazole rings is 1. The number of aromatic nitrogens is 3. The number of hydrogen-bond donors (Lipinski definition) is 0. The topological polar surface area (TPSA) is 43.2 Å². The van der Waals surface area contributed by atoms with Crippen molar-refractivity contribution in [2.45, 2.75) is 19.5 Å². The van der Waals surface area contributed by atoms with Crippen LogP contribution in [0.3, 0.4) is 0 Å². The molecule has 0 saturated heterocycles. The molecule has 0 spiro atoms. The monoisotopic (exact) mass is 280 g/mol. The third kappa shape index (κ3) is 1.77. The highest BCUT2D eigenvalue weighted by atomic mass is 16.5. The summed E-state index contributed by atoms with van der Waals surface area (Å²) in [7, 11) is 1.68. The zero-order valence-corrected chi connectivity index (χ0v) is 12.0. The van der Waals surface area contributed by atoms with E-state index in [9.17, 15) is 0 Å². The molecule has 106 valence electrons. The summed E-state index contributed by atoms with van der Waals surface area (Å²) in [5, 5.41) is 0. The Balaban J connectivity index is 1.83. The molecule has 1 aliphatic rings. The number of ether oxygens (including phenoxy) is 1. The van der Waals surface area contributed by atoms with Crippen LogP contribution < -0.4 is 9.64 Å². The molecule has 4 rings (SSSR count). The van der Waals surface area contributed by atoms with Crippen molar-refractivity contribution in [1.82, 2.24) is 14.5 Å². The first kappa shape index (κ1) is 12.2. The van der Waals surface area contributed by atoms with E-state index >= 15 is 0 Å². The van der Waals surface area contributed by atoms with Gasteiger partial charge in [0.05, 0.1) is 13.2 Å². The maximum Gasteiger partial charge on any atom is 0.212 e. The van der Waals surface area contributed by atoms with Crippen LogP contribution in [0, 0.1) is 0 Å². The minimum Gasteiger partial charge on any atom is -0.497 e. The van der Waals surface area contributed by atoms with Gasteiger partial charge in [-0.15, -0.1) is 0 Å². The van der Waals surface area contributed by atoms with Crippen LogP contribution in [-0.4, -0.2) is 27.7 Å². The normalized spacial score (nSPS) is 17.2. The standard InChI is InChI=1S/C16H16N4O/c1-11-10-19-15-14(4-3-9-17-15)18-16(19)20(11)12-5-7-13(21-2)8-6-12/h3-9,11H,10H2,1-2H3. The third-order valence-electron chi connectivity index (χ3n) is 3.94. The molecule has 0 saturated carbocycles. The first-order chi connectivity index (χ1) is 10.3. The number of nitrogens with zero attached hydrogens (tertiary/aromatic N) is 4. The highest BCUT2D eigenvalue weighted by molar-refractivity contribution is 5.78. The molecule has 1 unspecified atom stereocenters. The molecule has 0 aliphatic carbocycles. The summed E-state index contributed by atoms with van der Waals surface area (Å²) in [6.07, 6.45) is 1.82. The van der Waals surface area contributed by atoms with Gasteiger partial charge in [0.1, 0.15) is 11.3 Å². The number of anilines is 2. The molecule has 0 fully saturated rings. The maximum absolute atomic E-state index is 5.23. The van der Waals surface area contributed by atoms with Gasteiger partial charge in [0.15, 0.2) is 5.65 Å². The molecule has 0 radical (unpaired) electrons.